The van der Waals surface area contributed by atoms with Gasteiger partial charge in [0.15, 0.2) is 5.82 Å². The summed E-state index contributed by atoms with van der Waals surface area (Å²) in [6.45, 7) is 2.26. The Morgan fingerprint density at radius 3 is 2.41 bits per heavy atom. The van der Waals surface area contributed by atoms with Crippen LogP contribution >= 0.6 is 0 Å². The Morgan fingerprint density at radius 2 is 1.77 bits per heavy atom. The van der Waals surface area contributed by atoms with Crippen molar-refractivity contribution in [3.63, 3.8) is 0 Å². The number of nitrogens with zero attached hydrogens (tertiary/aromatic N) is 2. The van der Waals surface area contributed by atoms with E-state index in [0.29, 0.717) is 0 Å². The van der Waals surface area contributed by atoms with Crippen molar-refractivity contribution in [1.82, 2.24) is 10.2 Å². The average molecular weight is 300 g/mol. The minimum atomic E-state index is 0.913. The Morgan fingerprint density at radius 1 is 1.05 bits per heavy atom. The minimum absolute atomic E-state index is 0.913. The Labute approximate surface area is 133 Å². The van der Waals surface area contributed by atoms with Gasteiger partial charge in [0.2, 0.25) is 0 Å². The Bertz CT molecular complexity index is 542. The van der Waals surface area contributed by atoms with Gasteiger partial charge in [0, 0.05) is 25.8 Å². The number of rotatable bonds is 9. The summed E-state index contributed by atoms with van der Waals surface area (Å²) in [6.07, 6.45) is 7.85. The van der Waals surface area contributed by atoms with Crippen molar-refractivity contribution >= 4 is 17.3 Å². The first-order valence-corrected chi connectivity index (χ1v) is 8.27. The number of hydrogen-bond acceptors (Lipinski definition) is 3. The van der Waals surface area contributed by atoms with E-state index in [1.807, 2.05) is 25.1 Å². The van der Waals surface area contributed by atoms with Crippen LogP contribution in [0.3, 0.4) is 0 Å². The highest BCUT2D eigenvalue weighted by Crippen LogP contribution is 2.19. The molecule has 1 aromatic heterocycles. The molecule has 0 aliphatic rings. The summed E-state index contributed by atoms with van der Waals surface area (Å²) in [5.41, 5.74) is 2.50. The zero-order valence-electron chi connectivity index (χ0n) is 14.0. The number of benzene rings is 1. The van der Waals surface area contributed by atoms with Crippen molar-refractivity contribution in [1.29, 1.82) is 0 Å². The van der Waals surface area contributed by atoms with E-state index in [9.17, 15) is 0 Å². The number of aromatic amines is 1. The number of nitrogens with one attached hydrogen (secondary N) is 2. The van der Waals surface area contributed by atoms with Gasteiger partial charge in [0.1, 0.15) is 5.82 Å². The van der Waals surface area contributed by atoms with Crippen LogP contribution in [-0.4, -0.2) is 24.3 Å². The fourth-order valence-electron chi connectivity index (χ4n) is 2.45. The number of unbranched alkanes of at least 4 members (excludes halogenated alkanes) is 4. The molecule has 0 spiro atoms. The van der Waals surface area contributed by atoms with E-state index in [1.165, 1.54) is 44.1 Å². The SMILES string of the molecule is CCCCCCCc1ccc(Nc2cc(N(C)C)n[nH]2)cc1. The minimum Gasteiger partial charge on any atom is -0.361 e. The molecule has 0 saturated carbocycles. The van der Waals surface area contributed by atoms with E-state index in [2.05, 4.69) is 46.7 Å². The second kappa shape index (κ2) is 8.47. The zero-order valence-corrected chi connectivity index (χ0v) is 14.0. The summed E-state index contributed by atoms with van der Waals surface area (Å²) in [7, 11) is 3.96. The van der Waals surface area contributed by atoms with Gasteiger partial charge in [0.05, 0.1) is 0 Å². The molecule has 0 aliphatic carbocycles. The van der Waals surface area contributed by atoms with E-state index < -0.39 is 0 Å². The van der Waals surface area contributed by atoms with Gasteiger partial charge < -0.3 is 10.2 Å². The molecule has 0 fully saturated rings. The average Bonchev–Trinajstić information content (AvgIpc) is 2.97. The van der Waals surface area contributed by atoms with Crippen LogP contribution in [0.1, 0.15) is 44.6 Å². The second-order valence-corrected chi connectivity index (χ2v) is 6.02. The summed E-state index contributed by atoms with van der Waals surface area (Å²) in [6, 6.07) is 10.7. The molecule has 2 N–H and O–H groups in total. The molecule has 4 heteroatoms. The number of anilines is 3. The Hall–Kier alpha value is -1.97. The van der Waals surface area contributed by atoms with Crippen molar-refractivity contribution < 1.29 is 0 Å². The standard InChI is InChI=1S/C18H28N4/c1-4-5-6-7-8-9-15-10-12-16(13-11-15)19-17-14-18(21-20-17)22(2)3/h10-14H,4-9H2,1-3H3,(H2,19,20,21). The fourth-order valence-corrected chi connectivity index (χ4v) is 2.45. The first-order valence-electron chi connectivity index (χ1n) is 8.27. The highest BCUT2D eigenvalue weighted by molar-refractivity contribution is 5.59. The summed E-state index contributed by atoms with van der Waals surface area (Å²) in [5.74, 6) is 1.84. The number of hydrogen-bond donors (Lipinski definition) is 2. The van der Waals surface area contributed by atoms with Gasteiger partial charge in [-0.3, -0.25) is 5.10 Å². The van der Waals surface area contributed by atoms with Crippen molar-refractivity contribution in [2.75, 3.05) is 24.3 Å². The summed E-state index contributed by atoms with van der Waals surface area (Å²) in [5, 5.41) is 10.6. The molecule has 2 aromatic rings. The predicted octanol–water partition coefficient (Wildman–Crippen LogP) is 4.73. The van der Waals surface area contributed by atoms with Crippen LogP contribution in [0.25, 0.3) is 0 Å². The van der Waals surface area contributed by atoms with Crippen molar-refractivity contribution in [2.24, 2.45) is 0 Å². The first kappa shape index (κ1) is 16.4. The molecule has 2 rings (SSSR count). The van der Waals surface area contributed by atoms with Crippen LogP contribution in [-0.2, 0) is 6.42 Å². The van der Waals surface area contributed by atoms with Crippen molar-refractivity contribution in [3.8, 4) is 0 Å². The molecule has 0 bridgehead atoms. The van der Waals surface area contributed by atoms with Crippen LogP contribution < -0.4 is 10.2 Å². The lowest BCUT2D eigenvalue weighted by atomic mass is 10.1. The Kier molecular flexibility index (Phi) is 6.31. The molecular weight excluding hydrogens is 272 g/mol. The number of aryl methyl sites for hydroxylation is 1. The zero-order chi connectivity index (χ0) is 15.8. The van der Waals surface area contributed by atoms with Crippen LogP contribution in [0.2, 0.25) is 0 Å². The Balaban J connectivity index is 1.80. The molecule has 120 valence electrons. The molecule has 22 heavy (non-hydrogen) atoms. The van der Waals surface area contributed by atoms with E-state index in [1.54, 1.807) is 0 Å². The molecule has 0 saturated heterocycles. The predicted molar refractivity (Wildman–Crippen MR) is 95.1 cm³/mol. The molecule has 0 aliphatic heterocycles. The van der Waals surface area contributed by atoms with E-state index in [4.69, 9.17) is 0 Å². The summed E-state index contributed by atoms with van der Waals surface area (Å²) in [4.78, 5) is 1.98. The van der Waals surface area contributed by atoms with Gasteiger partial charge in [-0.05, 0) is 30.5 Å². The fraction of sp³-hybridized carbons (Fsp3) is 0.500. The van der Waals surface area contributed by atoms with Crippen LogP contribution in [0, 0.1) is 0 Å². The molecule has 0 atom stereocenters. The van der Waals surface area contributed by atoms with Crippen LogP contribution in [0.5, 0.6) is 0 Å². The maximum Gasteiger partial charge on any atom is 0.152 e. The third kappa shape index (κ3) is 5.10. The molecule has 0 amide bonds. The second-order valence-electron chi connectivity index (χ2n) is 6.02. The first-order chi connectivity index (χ1) is 10.7. The lowest BCUT2D eigenvalue weighted by Crippen LogP contribution is -2.08. The molecule has 0 unspecified atom stereocenters. The third-order valence-corrected chi connectivity index (χ3v) is 3.82. The molecule has 1 heterocycles. The van der Waals surface area contributed by atoms with E-state index in [0.717, 1.165) is 17.3 Å². The van der Waals surface area contributed by atoms with Gasteiger partial charge >= 0.3 is 0 Å². The largest absolute Gasteiger partial charge is 0.361 e. The number of aromatic nitrogens is 2. The van der Waals surface area contributed by atoms with Crippen molar-refractivity contribution in [2.45, 2.75) is 45.4 Å². The van der Waals surface area contributed by atoms with Crippen LogP contribution in [0.15, 0.2) is 30.3 Å². The molecule has 1 aromatic carbocycles. The van der Waals surface area contributed by atoms with Crippen molar-refractivity contribution in [3.05, 3.63) is 35.9 Å². The third-order valence-electron chi connectivity index (χ3n) is 3.82. The van der Waals surface area contributed by atoms with Gasteiger partial charge in [-0.15, -0.1) is 0 Å². The summed E-state index contributed by atoms with van der Waals surface area (Å²) >= 11 is 0. The smallest absolute Gasteiger partial charge is 0.152 e. The highest BCUT2D eigenvalue weighted by atomic mass is 15.3. The number of H-pyrrole nitrogens is 1. The normalized spacial score (nSPS) is 10.7. The molecule has 0 radical (unpaired) electrons. The monoisotopic (exact) mass is 300 g/mol. The van der Waals surface area contributed by atoms with E-state index in [-0.39, 0.29) is 0 Å². The maximum atomic E-state index is 4.23. The maximum absolute atomic E-state index is 4.23. The molecular formula is C18H28N4. The lowest BCUT2D eigenvalue weighted by molar-refractivity contribution is 0.632. The quantitative estimate of drug-likeness (QED) is 0.658. The molecule has 4 nitrogen and oxygen atoms in total. The summed E-state index contributed by atoms with van der Waals surface area (Å²) < 4.78 is 0. The van der Waals surface area contributed by atoms with Gasteiger partial charge in [-0.25, -0.2) is 0 Å². The van der Waals surface area contributed by atoms with Crippen LogP contribution in [0.4, 0.5) is 17.3 Å². The van der Waals surface area contributed by atoms with Gasteiger partial charge in [-0.1, -0.05) is 44.7 Å². The highest BCUT2D eigenvalue weighted by Gasteiger charge is 2.03. The topological polar surface area (TPSA) is 44.0 Å². The lowest BCUT2D eigenvalue weighted by Gasteiger charge is -2.06. The van der Waals surface area contributed by atoms with Gasteiger partial charge in [0.25, 0.3) is 0 Å². The van der Waals surface area contributed by atoms with Gasteiger partial charge in [-0.2, -0.15) is 5.10 Å². The van der Waals surface area contributed by atoms with E-state index >= 15 is 0 Å².